The first-order valence-corrected chi connectivity index (χ1v) is 7.25. The van der Waals surface area contributed by atoms with Crippen LogP contribution in [0.4, 0.5) is 0 Å². The van der Waals surface area contributed by atoms with Crippen LogP contribution in [0.5, 0.6) is 5.75 Å². The Labute approximate surface area is 130 Å². The van der Waals surface area contributed by atoms with Gasteiger partial charge in [-0.25, -0.2) is 4.98 Å². The molecule has 0 spiro atoms. The number of hydrogen-bond acceptors (Lipinski definition) is 2. The van der Waals surface area contributed by atoms with E-state index in [-0.39, 0.29) is 0 Å². The summed E-state index contributed by atoms with van der Waals surface area (Å²) < 4.78 is 8.26. The van der Waals surface area contributed by atoms with Gasteiger partial charge in [-0.2, -0.15) is 0 Å². The van der Waals surface area contributed by atoms with Crippen molar-refractivity contribution in [2.75, 3.05) is 7.11 Å². The summed E-state index contributed by atoms with van der Waals surface area (Å²) in [6.45, 7) is 2.04. The Morgan fingerprint density at radius 2 is 1.95 bits per heavy atom. The summed E-state index contributed by atoms with van der Waals surface area (Å²) in [6, 6.07) is 7.90. The van der Waals surface area contributed by atoms with E-state index >= 15 is 0 Å². The number of halogens is 2. The fraction of sp³-hybridized carbons (Fsp3) is 0.133. The average Bonchev–Trinajstić information content (AvgIpc) is 2.73. The van der Waals surface area contributed by atoms with Gasteiger partial charge in [0.05, 0.1) is 12.6 Å². The second-order valence-corrected chi connectivity index (χ2v) is 5.59. The molecule has 5 heteroatoms. The van der Waals surface area contributed by atoms with Gasteiger partial charge in [-0.3, -0.25) is 0 Å². The van der Waals surface area contributed by atoms with Crippen molar-refractivity contribution < 1.29 is 4.74 Å². The first-order valence-electron chi connectivity index (χ1n) is 6.08. The van der Waals surface area contributed by atoms with Gasteiger partial charge in [-0.15, -0.1) is 0 Å². The Kier molecular flexibility index (Phi) is 3.44. The minimum Gasteiger partial charge on any atom is -0.497 e. The van der Waals surface area contributed by atoms with Crippen LogP contribution < -0.4 is 4.74 Å². The van der Waals surface area contributed by atoms with Crippen molar-refractivity contribution in [3.63, 3.8) is 0 Å². The minimum atomic E-state index is 0.493. The predicted octanol–water partition coefficient (Wildman–Crippen LogP) is 4.73. The molecule has 0 saturated heterocycles. The highest BCUT2D eigenvalue weighted by atomic mass is 79.9. The molecule has 0 aliphatic carbocycles. The molecule has 0 radical (unpaired) electrons. The Balaban J connectivity index is 2.32. The third kappa shape index (κ3) is 2.00. The van der Waals surface area contributed by atoms with Crippen LogP contribution in [0.15, 0.2) is 41.1 Å². The van der Waals surface area contributed by atoms with E-state index in [9.17, 15) is 0 Å². The molecule has 2 aromatic heterocycles. The van der Waals surface area contributed by atoms with E-state index in [0.717, 1.165) is 32.6 Å². The normalized spacial score (nSPS) is 11.0. The zero-order valence-electron chi connectivity index (χ0n) is 11.0. The predicted molar refractivity (Wildman–Crippen MR) is 84.6 cm³/mol. The summed E-state index contributed by atoms with van der Waals surface area (Å²) in [5.74, 6) is 0.828. The van der Waals surface area contributed by atoms with Gasteiger partial charge in [0, 0.05) is 28.1 Å². The summed E-state index contributed by atoms with van der Waals surface area (Å²) in [4.78, 5) is 4.18. The Morgan fingerprint density at radius 3 is 2.60 bits per heavy atom. The van der Waals surface area contributed by atoms with Crippen LogP contribution in [-0.4, -0.2) is 16.5 Å². The highest BCUT2D eigenvalue weighted by molar-refractivity contribution is 9.10. The van der Waals surface area contributed by atoms with Crippen molar-refractivity contribution >= 4 is 33.0 Å². The maximum Gasteiger partial charge on any atom is 0.153 e. The third-order valence-electron chi connectivity index (χ3n) is 3.35. The van der Waals surface area contributed by atoms with Crippen molar-refractivity contribution in [1.29, 1.82) is 0 Å². The van der Waals surface area contributed by atoms with E-state index < -0.39 is 0 Å². The number of benzene rings is 1. The highest BCUT2D eigenvalue weighted by Crippen LogP contribution is 2.39. The third-order valence-corrected chi connectivity index (χ3v) is 4.60. The first kappa shape index (κ1) is 13.5. The number of fused-ring (bicyclic) bond motifs is 1. The second kappa shape index (κ2) is 5.11. The van der Waals surface area contributed by atoms with Gasteiger partial charge in [0.1, 0.15) is 5.75 Å². The Bertz CT molecular complexity index is 781. The first-order chi connectivity index (χ1) is 9.63. The molecule has 0 amide bonds. The Morgan fingerprint density at radius 1 is 1.25 bits per heavy atom. The molecular weight excluding hydrogens is 340 g/mol. The number of aromatic nitrogens is 2. The van der Waals surface area contributed by atoms with Crippen LogP contribution in [0.3, 0.4) is 0 Å². The molecule has 0 fully saturated rings. The second-order valence-electron chi connectivity index (χ2n) is 4.44. The largest absolute Gasteiger partial charge is 0.497 e. The van der Waals surface area contributed by atoms with Crippen molar-refractivity contribution in [3.05, 3.63) is 52.0 Å². The van der Waals surface area contributed by atoms with Gasteiger partial charge in [0.2, 0.25) is 0 Å². The van der Waals surface area contributed by atoms with Crippen LogP contribution in [0.25, 0.3) is 16.6 Å². The number of aryl methyl sites for hydroxylation is 1. The van der Waals surface area contributed by atoms with E-state index in [1.807, 2.05) is 41.8 Å². The number of rotatable bonds is 2. The lowest BCUT2D eigenvalue weighted by atomic mass is 10.1. The zero-order valence-corrected chi connectivity index (χ0v) is 13.4. The number of hydrogen-bond donors (Lipinski definition) is 0. The van der Waals surface area contributed by atoms with Crippen molar-refractivity contribution in [3.8, 4) is 16.9 Å². The smallest absolute Gasteiger partial charge is 0.153 e. The molecule has 102 valence electrons. The molecule has 1 aromatic carbocycles. The van der Waals surface area contributed by atoms with E-state index in [1.54, 1.807) is 13.3 Å². The zero-order chi connectivity index (χ0) is 14.3. The van der Waals surface area contributed by atoms with E-state index in [0.29, 0.717) is 5.15 Å². The molecule has 0 atom stereocenters. The molecule has 0 unspecified atom stereocenters. The highest BCUT2D eigenvalue weighted by Gasteiger charge is 2.17. The van der Waals surface area contributed by atoms with Crippen LogP contribution in [-0.2, 0) is 0 Å². The number of ether oxygens (including phenoxy) is 1. The van der Waals surface area contributed by atoms with Crippen LogP contribution >= 0.6 is 27.5 Å². The van der Waals surface area contributed by atoms with Gasteiger partial charge in [-0.1, -0.05) is 23.7 Å². The summed E-state index contributed by atoms with van der Waals surface area (Å²) in [5, 5.41) is 0.493. The van der Waals surface area contributed by atoms with Gasteiger partial charge in [0.15, 0.2) is 5.15 Å². The maximum absolute atomic E-state index is 6.28. The maximum atomic E-state index is 6.28. The monoisotopic (exact) mass is 350 g/mol. The molecule has 20 heavy (non-hydrogen) atoms. The van der Waals surface area contributed by atoms with Gasteiger partial charge < -0.3 is 9.14 Å². The lowest BCUT2D eigenvalue weighted by Crippen LogP contribution is -1.89. The summed E-state index contributed by atoms with van der Waals surface area (Å²) in [7, 11) is 1.66. The van der Waals surface area contributed by atoms with Crippen molar-refractivity contribution in [1.82, 2.24) is 9.38 Å². The quantitative estimate of drug-likeness (QED) is 0.667. The summed E-state index contributed by atoms with van der Waals surface area (Å²) in [6.07, 6.45) is 3.61. The van der Waals surface area contributed by atoms with Crippen LogP contribution in [0.2, 0.25) is 5.15 Å². The lowest BCUT2D eigenvalue weighted by molar-refractivity contribution is 0.415. The number of methoxy groups -OCH3 is 1. The Hall–Kier alpha value is -1.52. The molecule has 0 aliphatic rings. The summed E-state index contributed by atoms with van der Waals surface area (Å²) in [5.41, 5.74) is 4.11. The van der Waals surface area contributed by atoms with E-state index in [4.69, 9.17) is 16.3 Å². The molecule has 3 rings (SSSR count). The van der Waals surface area contributed by atoms with Crippen LogP contribution in [0, 0.1) is 6.92 Å². The molecular formula is C15H12BrClN2O. The fourth-order valence-electron chi connectivity index (χ4n) is 2.32. The molecule has 0 bridgehead atoms. The average molecular weight is 352 g/mol. The van der Waals surface area contributed by atoms with E-state index in [1.165, 1.54) is 0 Å². The topological polar surface area (TPSA) is 26.5 Å². The lowest BCUT2D eigenvalue weighted by Gasteiger charge is -2.04. The number of nitrogens with zero attached hydrogens (tertiary/aromatic N) is 2. The molecule has 3 nitrogen and oxygen atoms in total. The molecule has 3 aromatic rings. The summed E-state index contributed by atoms with van der Waals surface area (Å²) >= 11 is 9.94. The minimum absolute atomic E-state index is 0.493. The molecule has 0 aliphatic heterocycles. The van der Waals surface area contributed by atoms with E-state index in [2.05, 4.69) is 20.9 Å². The van der Waals surface area contributed by atoms with Crippen LogP contribution in [0.1, 0.15) is 5.69 Å². The molecule has 0 saturated carbocycles. The van der Waals surface area contributed by atoms with Gasteiger partial charge >= 0.3 is 0 Å². The standard InChI is InChI=1S/C15H12BrClN2O/c1-9-13(16)12(10-3-5-11(20-2)6-4-10)14-15(17)18-7-8-19(9)14/h3-8H,1-2H3. The molecule has 0 N–H and O–H groups in total. The molecule has 2 heterocycles. The fourth-order valence-corrected chi connectivity index (χ4v) is 3.16. The van der Waals surface area contributed by atoms with Crippen molar-refractivity contribution in [2.45, 2.75) is 6.92 Å². The van der Waals surface area contributed by atoms with Gasteiger partial charge in [-0.05, 0) is 40.5 Å². The van der Waals surface area contributed by atoms with Gasteiger partial charge in [0.25, 0.3) is 0 Å². The SMILES string of the molecule is COc1ccc(-c2c(Br)c(C)n3ccnc(Cl)c23)cc1. The van der Waals surface area contributed by atoms with Crippen molar-refractivity contribution in [2.24, 2.45) is 0 Å².